The fraction of sp³-hybridized carbons (Fsp3) is 0.522. The minimum absolute atomic E-state index is 0.0128. The van der Waals surface area contributed by atoms with Crippen LogP contribution in [0.5, 0.6) is 0 Å². The van der Waals surface area contributed by atoms with Crippen molar-refractivity contribution in [3.63, 3.8) is 0 Å². The van der Waals surface area contributed by atoms with Crippen molar-refractivity contribution in [2.75, 3.05) is 11.9 Å². The van der Waals surface area contributed by atoms with Gasteiger partial charge in [0.15, 0.2) is 0 Å². The first-order valence-electron chi connectivity index (χ1n) is 10.2. The summed E-state index contributed by atoms with van der Waals surface area (Å²) < 4.78 is 1.79. The number of hydrogen-bond donors (Lipinski definition) is 1. The molecule has 0 bridgehead atoms. The number of hydrogen-bond acceptors (Lipinski definition) is 4. The summed E-state index contributed by atoms with van der Waals surface area (Å²) in [6.07, 6.45) is 3.41. The molecule has 1 N–H and O–H groups in total. The molecule has 30 heavy (non-hydrogen) atoms. The summed E-state index contributed by atoms with van der Waals surface area (Å²) in [6.45, 7) is 12.8. The van der Waals surface area contributed by atoms with Gasteiger partial charge in [-0.15, -0.1) is 0 Å². The predicted octanol–water partition coefficient (Wildman–Crippen LogP) is 4.66. The predicted molar refractivity (Wildman–Crippen MR) is 120 cm³/mol. The Bertz CT molecular complexity index is 985. The smallest absolute Gasteiger partial charge is 0.254 e. The SMILES string of the molecule is CC(C)n1cc(C(=O)N[C@H]2C(C)(C)[C@H](N(C)c3ccc(C#N)c(Cl)c3)C2(C)C)cn1. The summed E-state index contributed by atoms with van der Waals surface area (Å²) in [4.78, 5) is 15.1. The van der Waals surface area contributed by atoms with Crippen LogP contribution in [0, 0.1) is 22.2 Å². The van der Waals surface area contributed by atoms with Crippen molar-refractivity contribution in [1.82, 2.24) is 15.1 Å². The lowest BCUT2D eigenvalue weighted by Gasteiger charge is -2.67. The molecule has 7 heteroatoms. The van der Waals surface area contributed by atoms with Gasteiger partial charge in [0.2, 0.25) is 0 Å². The standard InChI is InChI=1S/C23H30ClN5O/c1-14(2)29-13-16(12-26-29)19(30)27-20-22(3,4)21(23(20,5)6)28(7)17-9-8-15(11-25)18(24)10-17/h8-10,12-14,20-21H,1-7H3,(H,27,30)/t20-,21-. The first kappa shape index (κ1) is 22.2. The number of rotatable bonds is 5. The number of aromatic nitrogens is 2. The summed E-state index contributed by atoms with van der Waals surface area (Å²) in [7, 11) is 2.04. The van der Waals surface area contributed by atoms with Crippen LogP contribution in [0.25, 0.3) is 0 Å². The van der Waals surface area contributed by atoms with Crippen molar-refractivity contribution >= 4 is 23.2 Å². The van der Waals surface area contributed by atoms with Crippen molar-refractivity contribution < 1.29 is 4.79 Å². The molecule has 0 atom stereocenters. The number of halogens is 1. The molecule has 1 aromatic carbocycles. The normalized spacial score (nSPS) is 21.6. The van der Waals surface area contributed by atoms with E-state index in [-0.39, 0.29) is 34.9 Å². The van der Waals surface area contributed by atoms with E-state index in [4.69, 9.17) is 16.9 Å². The monoisotopic (exact) mass is 427 g/mol. The zero-order valence-electron chi connectivity index (χ0n) is 18.7. The quantitative estimate of drug-likeness (QED) is 0.753. The summed E-state index contributed by atoms with van der Waals surface area (Å²) in [5, 5.41) is 17.1. The van der Waals surface area contributed by atoms with Gasteiger partial charge < -0.3 is 10.2 Å². The van der Waals surface area contributed by atoms with Gasteiger partial charge in [0, 0.05) is 47.9 Å². The number of nitrogens with one attached hydrogen (secondary N) is 1. The molecule has 1 heterocycles. The summed E-state index contributed by atoms with van der Waals surface area (Å²) >= 11 is 6.26. The van der Waals surface area contributed by atoms with Crippen LogP contribution < -0.4 is 10.2 Å². The van der Waals surface area contributed by atoms with E-state index in [1.54, 1.807) is 23.1 Å². The van der Waals surface area contributed by atoms with Crippen LogP contribution in [0.3, 0.4) is 0 Å². The molecule has 0 spiro atoms. The van der Waals surface area contributed by atoms with Crippen LogP contribution in [0.4, 0.5) is 5.69 Å². The molecule has 3 rings (SSSR count). The molecule has 1 fully saturated rings. The average Bonchev–Trinajstić information content (AvgIpc) is 3.15. The first-order chi connectivity index (χ1) is 13.9. The summed E-state index contributed by atoms with van der Waals surface area (Å²) in [6, 6.07) is 7.96. The topological polar surface area (TPSA) is 74.0 Å². The van der Waals surface area contributed by atoms with E-state index in [0.717, 1.165) is 5.69 Å². The van der Waals surface area contributed by atoms with E-state index in [2.05, 4.69) is 49.1 Å². The number of carbonyl (C=O) groups is 1. The van der Waals surface area contributed by atoms with Gasteiger partial charge in [-0.2, -0.15) is 10.4 Å². The fourth-order valence-electron chi connectivity index (χ4n) is 5.42. The average molecular weight is 428 g/mol. The van der Waals surface area contributed by atoms with Crippen LogP contribution in [-0.4, -0.2) is 34.8 Å². The van der Waals surface area contributed by atoms with Gasteiger partial charge >= 0.3 is 0 Å². The van der Waals surface area contributed by atoms with Crippen LogP contribution in [0.1, 0.15) is 63.5 Å². The molecule has 1 amide bonds. The molecule has 6 nitrogen and oxygen atoms in total. The van der Waals surface area contributed by atoms with E-state index in [1.807, 2.05) is 33.0 Å². The van der Waals surface area contributed by atoms with Gasteiger partial charge in [-0.25, -0.2) is 0 Å². The fourth-order valence-corrected chi connectivity index (χ4v) is 5.64. The summed E-state index contributed by atoms with van der Waals surface area (Å²) in [5.74, 6) is -0.101. The third-order valence-electron chi connectivity index (χ3n) is 6.43. The van der Waals surface area contributed by atoms with E-state index >= 15 is 0 Å². The first-order valence-corrected chi connectivity index (χ1v) is 10.6. The van der Waals surface area contributed by atoms with Crippen molar-refractivity contribution in [3.8, 4) is 6.07 Å². The Labute approximate surface area is 183 Å². The number of benzene rings is 1. The van der Waals surface area contributed by atoms with E-state index < -0.39 is 0 Å². The maximum Gasteiger partial charge on any atom is 0.254 e. The zero-order chi connectivity index (χ0) is 22.4. The molecule has 160 valence electrons. The molecule has 0 saturated heterocycles. The van der Waals surface area contributed by atoms with Gasteiger partial charge in [-0.3, -0.25) is 9.48 Å². The lowest BCUT2D eigenvalue weighted by Crippen LogP contribution is -2.77. The van der Waals surface area contributed by atoms with Crippen molar-refractivity contribution in [2.24, 2.45) is 10.8 Å². The van der Waals surface area contributed by atoms with E-state index in [0.29, 0.717) is 16.1 Å². The van der Waals surface area contributed by atoms with Gasteiger partial charge in [0.05, 0.1) is 22.3 Å². The van der Waals surface area contributed by atoms with E-state index in [1.165, 1.54) is 0 Å². The third kappa shape index (κ3) is 3.56. The molecule has 1 aromatic heterocycles. The Hall–Kier alpha value is -2.52. The van der Waals surface area contributed by atoms with E-state index in [9.17, 15) is 4.79 Å². The van der Waals surface area contributed by atoms with Crippen molar-refractivity contribution in [1.29, 1.82) is 5.26 Å². The number of nitriles is 1. The summed E-state index contributed by atoms with van der Waals surface area (Å²) in [5.41, 5.74) is 1.64. The lowest BCUT2D eigenvalue weighted by molar-refractivity contribution is -0.0682. The highest BCUT2D eigenvalue weighted by atomic mass is 35.5. The number of amides is 1. The maximum atomic E-state index is 12.9. The molecule has 1 saturated carbocycles. The zero-order valence-corrected chi connectivity index (χ0v) is 19.4. The third-order valence-corrected chi connectivity index (χ3v) is 6.75. The Morgan fingerprint density at radius 1 is 1.30 bits per heavy atom. The Morgan fingerprint density at radius 3 is 2.43 bits per heavy atom. The van der Waals surface area contributed by atoms with Crippen molar-refractivity contribution in [2.45, 2.75) is 59.7 Å². The number of carbonyl (C=O) groups excluding carboxylic acids is 1. The second-order valence-electron chi connectivity index (χ2n) is 9.64. The second-order valence-corrected chi connectivity index (χ2v) is 10.0. The molecule has 1 aliphatic rings. The second kappa shape index (κ2) is 7.63. The minimum atomic E-state index is -0.178. The number of anilines is 1. The van der Waals surface area contributed by atoms with Crippen LogP contribution >= 0.6 is 11.6 Å². The number of nitrogens with zero attached hydrogens (tertiary/aromatic N) is 4. The Balaban J connectivity index is 1.81. The lowest BCUT2D eigenvalue weighted by atomic mass is 9.47. The van der Waals surface area contributed by atoms with Crippen LogP contribution in [0.2, 0.25) is 5.02 Å². The highest BCUT2D eigenvalue weighted by molar-refractivity contribution is 6.32. The molecule has 2 aromatic rings. The Morgan fingerprint density at radius 2 is 1.93 bits per heavy atom. The largest absolute Gasteiger partial charge is 0.370 e. The molecular weight excluding hydrogens is 398 g/mol. The highest BCUT2D eigenvalue weighted by Crippen LogP contribution is 2.56. The highest BCUT2D eigenvalue weighted by Gasteiger charge is 2.63. The molecule has 0 unspecified atom stereocenters. The molecular formula is C23H30ClN5O. The molecule has 0 aliphatic heterocycles. The van der Waals surface area contributed by atoms with Gasteiger partial charge in [0.25, 0.3) is 5.91 Å². The van der Waals surface area contributed by atoms with Gasteiger partial charge in [0.1, 0.15) is 6.07 Å². The molecule has 1 aliphatic carbocycles. The van der Waals surface area contributed by atoms with Gasteiger partial charge in [-0.05, 0) is 32.0 Å². The molecule has 0 radical (unpaired) electrons. The van der Waals surface area contributed by atoms with Crippen molar-refractivity contribution in [3.05, 3.63) is 46.7 Å². The Kier molecular flexibility index (Phi) is 5.64. The van der Waals surface area contributed by atoms with Gasteiger partial charge in [-0.1, -0.05) is 39.3 Å². The van der Waals surface area contributed by atoms with Crippen LogP contribution in [-0.2, 0) is 0 Å². The van der Waals surface area contributed by atoms with Crippen LogP contribution in [0.15, 0.2) is 30.6 Å². The maximum absolute atomic E-state index is 12.9. The minimum Gasteiger partial charge on any atom is -0.370 e.